The highest BCUT2D eigenvalue weighted by Gasteiger charge is 2.39. The van der Waals surface area contributed by atoms with Gasteiger partial charge in [-0.1, -0.05) is 25.7 Å². The van der Waals surface area contributed by atoms with Gasteiger partial charge in [-0.05, 0) is 31.1 Å². The molecule has 0 bridgehead atoms. The number of nitrogens with zero attached hydrogens (tertiary/aromatic N) is 1. The molecule has 1 aliphatic carbocycles. The van der Waals surface area contributed by atoms with Crippen molar-refractivity contribution in [3.05, 3.63) is 0 Å². The monoisotopic (exact) mass is 281 g/mol. The zero-order chi connectivity index (χ0) is 13.8. The Hall–Kier alpha value is -0.610. The zero-order valence-electron chi connectivity index (χ0n) is 12.4. The van der Waals surface area contributed by atoms with Crippen LogP contribution in [0.15, 0.2) is 0 Å². The summed E-state index contributed by atoms with van der Waals surface area (Å²) in [4.78, 5) is 14.6. The lowest BCUT2D eigenvalue weighted by molar-refractivity contribution is -0.161. The number of piperidine rings is 1. The first-order valence-corrected chi connectivity index (χ1v) is 8.27. The highest BCUT2D eigenvalue weighted by atomic mass is 16.6. The number of amides is 1. The van der Waals surface area contributed by atoms with Gasteiger partial charge in [-0.3, -0.25) is 4.79 Å². The van der Waals surface area contributed by atoms with Crippen LogP contribution in [0.3, 0.4) is 0 Å². The average Bonchev–Trinajstić information content (AvgIpc) is 2.73. The third-order valence-electron chi connectivity index (χ3n) is 5.23. The van der Waals surface area contributed by atoms with E-state index in [1.54, 1.807) is 0 Å². The minimum Gasteiger partial charge on any atom is -0.376 e. The van der Waals surface area contributed by atoms with Crippen LogP contribution in [0.1, 0.15) is 51.4 Å². The van der Waals surface area contributed by atoms with Crippen LogP contribution >= 0.6 is 0 Å². The topological polar surface area (TPSA) is 38.8 Å². The summed E-state index contributed by atoms with van der Waals surface area (Å²) in [5.74, 6) is 0.160. The molecule has 2 aliphatic heterocycles. The molecule has 0 aromatic carbocycles. The molecule has 2 saturated heterocycles. The average molecular weight is 281 g/mol. The van der Waals surface area contributed by atoms with E-state index in [0.29, 0.717) is 25.2 Å². The summed E-state index contributed by atoms with van der Waals surface area (Å²) in [7, 11) is 0. The molecule has 0 aromatic rings. The number of carbonyl (C=O) groups is 1. The lowest BCUT2D eigenvalue weighted by Crippen LogP contribution is -2.51. The Morgan fingerprint density at radius 3 is 2.45 bits per heavy atom. The summed E-state index contributed by atoms with van der Waals surface area (Å²) >= 11 is 0. The molecule has 4 nitrogen and oxygen atoms in total. The molecule has 4 heteroatoms. The lowest BCUT2D eigenvalue weighted by Gasteiger charge is -2.44. The van der Waals surface area contributed by atoms with Crippen LogP contribution in [0.5, 0.6) is 0 Å². The second kappa shape index (κ2) is 6.44. The van der Waals surface area contributed by atoms with Gasteiger partial charge in [0.1, 0.15) is 0 Å². The van der Waals surface area contributed by atoms with E-state index in [0.717, 1.165) is 19.5 Å². The molecule has 1 amide bonds. The Balaban J connectivity index is 1.63. The maximum Gasteiger partial charge on any atom is 0.254 e. The number of ether oxygens (including phenoxy) is 2. The predicted octanol–water partition coefficient (Wildman–Crippen LogP) is 2.36. The van der Waals surface area contributed by atoms with Crippen molar-refractivity contribution < 1.29 is 14.3 Å². The van der Waals surface area contributed by atoms with Crippen molar-refractivity contribution in [1.82, 2.24) is 4.90 Å². The maximum atomic E-state index is 12.6. The van der Waals surface area contributed by atoms with Crippen molar-refractivity contribution in [3.63, 3.8) is 0 Å². The Kier molecular flexibility index (Phi) is 4.61. The SMILES string of the molecule is O=C(C1COCCO1)N1CCCC2(CCCCCC2)C1. The minimum absolute atomic E-state index is 0.160. The number of hydrogen-bond acceptors (Lipinski definition) is 3. The second-order valence-electron chi connectivity index (χ2n) is 6.71. The molecule has 3 aliphatic rings. The number of hydrogen-bond donors (Lipinski definition) is 0. The number of likely N-dealkylation sites (tertiary alicyclic amines) is 1. The Morgan fingerprint density at radius 1 is 1.00 bits per heavy atom. The van der Waals surface area contributed by atoms with Gasteiger partial charge in [0.25, 0.3) is 5.91 Å². The van der Waals surface area contributed by atoms with Crippen LogP contribution in [0.2, 0.25) is 0 Å². The van der Waals surface area contributed by atoms with E-state index >= 15 is 0 Å². The Bertz CT molecular complexity index is 331. The molecule has 1 unspecified atom stereocenters. The molecule has 1 spiro atoms. The smallest absolute Gasteiger partial charge is 0.254 e. The van der Waals surface area contributed by atoms with Crippen molar-refractivity contribution in [2.75, 3.05) is 32.9 Å². The summed E-state index contributed by atoms with van der Waals surface area (Å²) in [6.07, 6.45) is 10.1. The van der Waals surface area contributed by atoms with E-state index < -0.39 is 0 Å². The number of rotatable bonds is 1. The Labute approximate surface area is 121 Å². The second-order valence-corrected chi connectivity index (χ2v) is 6.71. The summed E-state index contributed by atoms with van der Waals surface area (Å²) in [6, 6.07) is 0. The van der Waals surface area contributed by atoms with Crippen molar-refractivity contribution in [2.24, 2.45) is 5.41 Å². The first-order chi connectivity index (χ1) is 9.79. The first-order valence-electron chi connectivity index (χ1n) is 8.27. The van der Waals surface area contributed by atoms with Crippen molar-refractivity contribution in [3.8, 4) is 0 Å². The molecular formula is C16H27NO3. The van der Waals surface area contributed by atoms with Gasteiger partial charge in [0, 0.05) is 13.1 Å². The third kappa shape index (κ3) is 3.17. The standard InChI is InChI=1S/C16H27NO3/c18-15(14-12-19-10-11-20-14)17-9-5-8-16(13-17)6-3-1-2-4-7-16/h14H,1-13H2. The van der Waals surface area contributed by atoms with Crippen LogP contribution in [-0.2, 0) is 14.3 Å². The van der Waals surface area contributed by atoms with Gasteiger partial charge in [0.15, 0.2) is 6.10 Å². The molecule has 3 fully saturated rings. The van der Waals surface area contributed by atoms with Crippen LogP contribution in [0.4, 0.5) is 0 Å². The molecule has 20 heavy (non-hydrogen) atoms. The molecule has 0 N–H and O–H groups in total. The van der Waals surface area contributed by atoms with E-state index in [1.807, 2.05) is 0 Å². The molecule has 3 rings (SSSR count). The maximum absolute atomic E-state index is 12.6. The normalized spacial score (nSPS) is 31.0. The fourth-order valence-corrected chi connectivity index (χ4v) is 4.12. The summed E-state index contributed by atoms with van der Waals surface area (Å²) in [5.41, 5.74) is 0.403. The van der Waals surface area contributed by atoms with E-state index in [2.05, 4.69) is 4.90 Å². The van der Waals surface area contributed by atoms with Gasteiger partial charge < -0.3 is 14.4 Å². The quantitative estimate of drug-likeness (QED) is 0.740. The molecular weight excluding hydrogens is 254 g/mol. The molecule has 0 radical (unpaired) electrons. The molecule has 1 atom stereocenters. The molecule has 1 saturated carbocycles. The molecule has 2 heterocycles. The van der Waals surface area contributed by atoms with Crippen LogP contribution in [0.25, 0.3) is 0 Å². The predicted molar refractivity (Wildman–Crippen MR) is 76.5 cm³/mol. The van der Waals surface area contributed by atoms with Crippen LogP contribution < -0.4 is 0 Å². The van der Waals surface area contributed by atoms with Crippen molar-refractivity contribution in [1.29, 1.82) is 0 Å². The van der Waals surface area contributed by atoms with Gasteiger partial charge in [-0.15, -0.1) is 0 Å². The summed E-state index contributed by atoms with van der Waals surface area (Å²) in [5, 5.41) is 0. The van der Waals surface area contributed by atoms with E-state index in [9.17, 15) is 4.79 Å². The minimum atomic E-state index is -0.357. The zero-order valence-corrected chi connectivity index (χ0v) is 12.4. The van der Waals surface area contributed by atoms with Gasteiger partial charge in [-0.2, -0.15) is 0 Å². The van der Waals surface area contributed by atoms with Crippen LogP contribution in [-0.4, -0.2) is 49.8 Å². The summed E-state index contributed by atoms with van der Waals surface area (Å²) < 4.78 is 11.0. The molecule has 114 valence electrons. The van der Waals surface area contributed by atoms with Gasteiger partial charge in [-0.25, -0.2) is 0 Å². The van der Waals surface area contributed by atoms with Crippen molar-refractivity contribution in [2.45, 2.75) is 57.5 Å². The first kappa shape index (κ1) is 14.3. The largest absolute Gasteiger partial charge is 0.376 e. The Morgan fingerprint density at radius 2 is 1.75 bits per heavy atom. The van der Waals surface area contributed by atoms with E-state index in [4.69, 9.17) is 9.47 Å². The van der Waals surface area contributed by atoms with Crippen LogP contribution in [0, 0.1) is 5.41 Å². The third-order valence-corrected chi connectivity index (χ3v) is 5.23. The van der Waals surface area contributed by atoms with Gasteiger partial charge >= 0.3 is 0 Å². The highest BCUT2D eigenvalue weighted by Crippen LogP contribution is 2.42. The highest BCUT2D eigenvalue weighted by molar-refractivity contribution is 5.81. The number of carbonyl (C=O) groups excluding carboxylic acids is 1. The molecule has 0 aromatic heterocycles. The fourth-order valence-electron chi connectivity index (χ4n) is 4.12. The fraction of sp³-hybridized carbons (Fsp3) is 0.938. The lowest BCUT2D eigenvalue weighted by atomic mass is 9.74. The summed E-state index contributed by atoms with van der Waals surface area (Å²) in [6.45, 7) is 3.46. The van der Waals surface area contributed by atoms with Crippen molar-refractivity contribution >= 4 is 5.91 Å². The van der Waals surface area contributed by atoms with E-state index in [1.165, 1.54) is 44.9 Å². The van der Waals surface area contributed by atoms with Gasteiger partial charge in [0.05, 0.1) is 19.8 Å². The van der Waals surface area contributed by atoms with Gasteiger partial charge in [0.2, 0.25) is 0 Å². The van der Waals surface area contributed by atoms with E-state index in [-0.39, 0.29) is 12.0 Å².